The van der Waals surface area contributed by atoms with Crippen LogP contribution in [0.2, 0.25) is 0 Å². The molecule has 8 aromatic rings. The third-order valence-electron chi connectivity index (χ3n) is 21.5. The molecule has 10 rings (SSSR count). The summed E-state index contributed by atoms with van der Waals surface area (Å²) in [6, 6.07) is 71.2. The van der Waals surface area contributed by atoms with E-state index in [1.165, 1.54) is 49.1 Å². The lowest BCUT2D eigenvalue weighted by molar-refractivity contribution is -0.246. The van der Waals surface area contributed by atoms with Gasteiger partial charge in [0.15, 0.2) is 0 Å². The molecule has 2 aliphatic rings. The van der Waals surface area contributed by atoms with Gasteiger partial charge in [0.1, 0.15) is 0 Å². The molecule has 0 radical (unpaired) electrons. The van der Waals surface area contributed by atoms with Crippen LogP contribution in [-0.4, -0.2) is 144 Å². The zero-order valence-electron chi connectivity index (χ0n) is 70.7. The molecule has 0 aliphatic carbocycles. The number of benzene rings is 8. The van der Waals surface area contributed by atoms with Crippen molar-refractivity contribution in [1.82, 2.24) is 15.4 Å². The van der Waals surface area contributed by atoms with Crippen molar-refractivity contribution in [3.05, 3.63) is 284 Å². The Labute approximate surface area is 722 Å². The van der Waals surface area contributed by atoms with Crippen molar-refractivity contribution < 1.29 is 63.8 Å². The second kappa shape index (κ2) is 48.6. The van der Waals surface area contributed by atoms with Gasteiger partial charge in [-0.25, -0.2) is 0 Å². The van der Waals surface area contributed by atoms with E-state index in [2.05, 4.69) is 130 Å². The largest absolute Gasteiger partial charge is 0.382 e. The summed E-state index contributed by atoms with van der Waals surface area (Å²) < 4.78 is 62.0. The number of halogens is 2. The highest BCUT2D eigenvalue weighted by atomic mass is 35.5. The number of nitrogens with two attached hydrogens (primary N) is 1. The maximum atomic E-state index is 11.8. The maximum Gasteiger partial charge on any atom is 0.329 e. The molecule has 4 atom stereocenters. The number of piperidine rings is 2. The van der Waals surface area contributed by atoms with Gasteiger partial charge in [-0.1, -0.05) is 231 Å². The van der Waals surface area contributed by atoms with Gasteiger partial charge in [0.05, 0.1) is 68.9 Å². The Bertz CT molecular complexity index is 4320. The molecule has 117 heavy (non-hydrogen) atoms. The van der Waals surface area contributed by atoms with Crippen LogP contribution < -0.4 is 11.1 Å². The van der Waals surface area contributed by atoms with Crippen molar-refractivity contribution in [2.45, 2.75) is 214 Å². The van der Waals surface area contributed by atoms with Crippen molar-refractivity contribution >= 4 is 83.1 Å². The fraction of sp³-hybridized carbons (Fsp3) is 0.462. The number of hydroxylamine groups is 4. The van der Waals surface area contributed by atoms with Gasteiger partial charge in [0.2, 0.25) is 0 Å². The summed E-state index contributed by atoms with van der Waals surface area (Å²) in [6.07, 6.45) is 9.99. The number of nitrogens with zero attached hydrogens (tertiary/aromatic N) is 2. The average Bonchev–Trinajstić information content (AvgIpc) is 0.784. The molecule has 4 unspecified atom stereocenters. The number of hydrogen-bond donors (Lipinski definition) is 8. The van der Waals surface area contributed by atoms with Crippen molar-refractivity contribution in [3.63, 3.8) is 0 Å². The molecule has 2 heterocycles. The van der Waals surface area contributed by atoms with Crippen LogP contribution >= 0.6 is 74.8 Å². The zero-order chi connectivity index (χ0) is 86.1. The normalized spacial score (nSPS) is 16.7. The van der Waals surface area contributed by atoms with E-state index in [0.717, 1.165) is 120 Å². The molecule has 0 amide bonds. The van der Waals surface area contributed by atoms with E-state index in [-0.39, 0.29) is 62.9 Å². The fourth-order valence-electron chi connectivity index (χ4n) is 15.7. The number of aryl methyl sites for hydroxylation is 2. The molecule has 2 saturated heterocycles. The minimum Gasteiger partial charge on any atom is -0.382 e. The summed E-state index contributed by atoms with van der Waals surface area (Å²) in [5.74, 6) is 0.922. The first kappa shape index (κ1) is 97.2. The number of ether oxygens (including phenoxy) is 4. The summed E-state index contributed by atoms with van der Waals surface area (Å²) in [5.41, 5.74) is 20.2. The van der Waals surface area contributed by atoms with Gasteiger partial charge in [-0.2, -0.15) is 10.1 Å². The Kier molecular flexibility index (Phi) is 40.3. The van der Waals surface area contributed by atoms with Crippen LogP contribution in [0.3, 0.4) is 0 Å². The summed E-state index contributed by atoms with van der Waals surface area (Å²) in [6.45, 7) is 21.0. The number of hydrogen-bond acceptors (Lipinski definition) is 16. The van der Waals surface area contributed by atoms with Crippen LogP contribution in [0.4, 0.5) is 4.39 Å². The van der Waals surface area contributed by atoms with Crippen molar-refractivity contribution in [2.24, 2.45) is 5.73 Å². The van der Waals surface area contributed by atoms with Crippen molar-refractivity contribution in [2.75, 3.05) is 61.0 Å². The maximum absolute atomic E-state index is 11.8. The first-order valence-corrected chi connectivity index (χ1v) is 46.9. The number of methoxy groups -OCH3 is 2. The molecule has 9 N–H and O–H groups in total. The third kappa shape index (κ3) is 34.2. The number of thioether (sulfide) groups is 2. The van der Waals surface area contributed by atoms with Crippen LogP contribution in [0.1, 0.15) is 208 Å². The molecule has 638 valence electrons. The van der Waals surface area contributed by atoms with Crippen LogP contribution in [0.15, 0.2) is 206 Å². The van der Waals surface area contributed by atoms with Gasteiger partial charge >= 0.3 is 15.2 Å². The predicted octanol–water partition coefficient (Wildman–Crippen LogP) is 21.2. The lowest BCUT2D eigenvalue weighted by Gasteiger charge is -2.51. The highest BCUT2D eigenvalue weighted by molar-refractivity contribution is 8.24. The van der Waals surface area contributed by atoms with Crippen LogP contribution in [-0.2, 0) is 78.5 Å². The monoisotopic (exact) mass is 1740 g/mol. The standard InChI is InChI=1S/C46H61N2O6PS2.C37H42ClO5PS2.C9H20N2O.CH3F/c1-45(2)30-42(31-46(3,4)48(45)49)47-32-36-16-20-38(21-17-36)41(24-15-34-11-13-35(14-12-34)25-26-54-28-27-53-5)29-43(57-44(56)40-9-7-6-8-10-40)39-22-18-37(19-23-39)33-55(50,51)52;1-42-23-24-43-22-21-29-9-7-28(8-10-29)11-20-35(32-16-12-30(26-38)13-17-32)25-36(46-37(45)34-5-3-2-4-6-34)33-18-14-31(15-19-33)27-44(39,40)41;1-8(2)5-7(10)6-9(3,4)11(8)12;1-2/h6-14,16-23,41-43,47,49H,15,24-33H2,1-5H3,(H2,50,51,52);2-10,12-19,35-36H,11,20-27H2,1H3,(H2,39,40,41);7,12H,5-6,10H2,1-4H3;1H3/i;;;1D. The van der Waals surface area contributed by atoms with E-state index in [9.17, 15) is 43.5 Å². The molecule has 24 heteroatoms. The summed E-state index contributed by atoms with van der Waals surface area (Å²) in [4.78, 5) is 38.2. The highest BCUT2D eigenvalue weighted by Crippen LogP contribution is 2.47. The van der Waals surface area contributed by atoms with Gasteiger partial charge in [-0.3, -0.25) is 13.5 Å². The molecule has 16 nitrogen and oxygen atoms in total. The molecule has 2 aliphatic heterocycles. The molecular formula is C93H126ClFN4O12P2S4. The third-order valence-corrected chi connectivity index (χ3v) is 26.8. The highest BCUT2D eigenvalue weighted by Gasteiger charge is 2.46. The molecular weight excluding hydrogens is 1610 g/mol. The van der Waals surface area contributed by atoms with E-state index in [1.54, 1.807) is 37.7 Å². The number of thiocarbonyl (C=S) groups is 2. The minimum absolute atomic E-state index is 0.0118. The van der Waals surface area contributed by atoms with E-state index >= 15 is 0 Å². The molecule has 2 fully saturated rings. The summed E-state index contributed by atoms with van der Waals surface area (Å²) >= 11 is 21.4. The number of nitrogens with one attached hydrogen (secondary N) is 1. The van der Waals surface area contributed by atoms with Gasteiger partial charge in [0.25, 0.3) is 0 Å². The molecule has 0 saturated carbocycles. The SMILES string of the molecule is CC1(C)CC(N)CC(C)(C)N1O.COCCOCCc1ccc(CCC(CC(SC(=S)c2ccccc2)c2ccc(CP(=O)(O)O)cc2)c2ccc(CCl)cc2)cc1.COCCOCCc1ccc(CCC(CC(SC(=S)c2ccccc2)c2ccc(CP(=O)(O)O)cc2)c2ccc(CNC3CC(C)(C)N(O)C(C)(C)C3)cc2)cc1.[2H]CF. The zero-order valence-corrected chi connectivity index (χ0v) is 75.6. The van der Waals surface area contributed by atoms with Crippen LogP contribution in [0.5, 0.6) is 0 Å². The smallest absolute Gasteiger partial charge is 0.329 e. The van der Waals surface area contributed by atoms with E-state index in [0.29, 0.717) is 62.7 Å². The van der Waals surface area contributed by atoms with Gasteiger partial charge in [-0.05, 0) is 222 Å². The van der Waals surface area contributed by atoms with Gasteiger partial charge in [0, 0.05) is 71.4 Å². The van der Waals surface area contributed by atoms with Gasteiger partial charge in [-0.15, -0.1) is 35.1 Å². The first-order chi connectivity index (χ1) is 56.0. The second-order valence-corrected chi connectivity index (χ2v) is 40.4. The van der Waals surface area contributed by atoms with Crippen molar-refractivity contribution in [3.8, 4) is 0 Å². The second-order valence-electron chi connectivity index (χ2n) is 33.1. The number of alkyl halides is 2. The molecule has 0 aromatic heterocycles. The minimum atomic E-state index is -4.19. The summed E-state index contributed by atoms with van der Waals surface area (Å²) in [5, 5.41) is 27.5. The summed E-state index contributed by atoms with van der Waals surface area (Å²) in [7, 11) is -5.99. The average molecular weight is 1740 g/mol. The quantitative estimate of drug-likeness (QED) is 0.00777. The molecule has 0 spiro atoms. The fourth-order valence-corrected chi connectivity index (χ4v) is 20.5. The van der Waals surface area contributed by atoms with Crippen LogP contribution in [0.25, 0.3) is 0 Å². The molecule has 8 aromatic carbocycles. The van der Waals surface area contributed by atoms with E-state index in [4.69, 9.17) is 62.1 Å². The Hall–Kier alpha value is -5.24. The lowest BCUT2D eigenvalue weighted by Crippen LogP contribution is -2.62. The van der Waals surface area contributed by atoms with Gasteiger partial charge < -0.3 is 60.0 Å². The Balaban J connectivity index is 0.000000281. The van der Waals surface area contributed by atoms with Crippen molar-refractivity contribution in [1.29, 1.82) is 0 Å². The first-order valence-electron chi connectivity index (χ1n) is 40.9. The lowest BCUT2D eigenvalue weighted by atomic mass is 9.79. The Morgan fingerprint density at radius 3 is 1.13 bits per heavy atom. The van der Waals surface area contributed by atoms with Crippen LogP contribution in [0, 0.1) is 0 Å². The Morgan fingerprint density at radius 2 is 0.795 bits per heavy atom. The number of rotatable bonds is 38. The molecule has 0 bridgehead atoms. The van der Waals surface area contributed by atoms with E-state index < -0.39 is 22.3 Å². The van der Waals surface area contributed by atoms with E-state index in [1.807, 2.05) is 137 Å². The predicted molar refractivity (Wildman–Crippen MR) is 488 cm³/mol. The Morgan fingerprint density at radius 1 is 0.487 bits per heavy atom. The topological polar surface area (TPSA) is 237 Å².